The summed E-state index contributed by atoms with van der Waals surface area (Å²) >= 11 is 0. The summed E-state index contributed by atoms with van der Waals surface area (Å²) in [5, 5.41) is 8.83. The number of sulfonamides is 1. The Hall–Kier alpha value is -0.660. The van der Waals surface area contributed by atoms with Crippen LogP contribution in [0.2, 0.25) is 0 Å². The van der Waals surface area contributed by atoms with Crippen LogP contribution in [0.5, 0.6) is 0 Å². The van der Waals surface area contributed by atoms with Crippen molar-refractivity contribution < 1.29 is 23.1 Å². The van der Waals surface area contributed by atoms with Crippen molar-refractivity contribution in [2.24, 2.45) is 5.92 Å². The number of nitrogens with zero attached hydrogens (tertiary/aromatic N) is 1. The van der Waals surface area contributed by atoms with E-state index in [9.17, 15) is 18.3 Å². The zero-order valence-electron chi connectivity index (χ0n) is 11.4. The molecule has 1 N–H and O–H groups in total. The molecule has 1 saturated carbocycles. The summed E-state index contributed by atoms with van der Waals surface area (Å²) in [6.07, 6.45) is 4.74. The van der Waals surface area contributed by atoms with Gasteiger partial charge in [0.25, 0.3) is 0 Å². The zero-order chi connectivity index (χ0) is 14.3. The second-order valence-electron chi connectivity index (χ2n) is 6.06. The van der Waals surface area contributed by atoms with E-state index in [1.54, 1.807) is 0 Å². The normalized spacial score (nSPS) is 38.8. The van der Waals surface area contributed by atoms with Crippen molar-refractivity contribution in [3.8, 4) is 0 Å². The summed E-state index contributed by atoms with van der Waals surface area (Å²) < 4.78 is 32.1. The highest BCUT2D eigenvalue weighted by Gasteiger charge is 2.52. The fourth-order valence-electron chi connectivity index (χ4n) is 3.92. The van der Waals surface area contributed by atoms with Gasteiger partial charge in [0.15, 0.2) is 0 Å². The molecule has 3 aliphatic rings. The molecule has 0 radical (unpaired) electrons. The number of hydrogen-bond acceptors (Lipinski definition) is 4. The maximum Gasteiger partial charge on any atom is 0.322 e. The Balaban J connectivity index is 1.92. The van der Waals surface area contributed by atoms with Crippen molar-refractivity contribution >= 4 is 16.0 Å². The third kappa shape index (κ3) is 2.25. The molecule has 0 aromatic carbocycles. The van der Waals surface area contributed by atoms with E-state index in [-0.39, 0.29) is 18.6 Å². The van der Waals surface area contributed by atoms with Crippen LogP contribution in [0.15, 0.2) is 0 Å². The van der Waals surface area contributed by atoms with Crippen LogP contribution in [-0.4, -0.2) is 54.3 Å². The molecule has 7 heteroatoms. The van der Waals surface area contributed by atoms with Gasteiger partial charge in [-0.1, -0.05) is 12.8 Å². The van der Waals surface area contributed by atoms with Crippen LogP contribution >= 0.6 is 0 Å². The molecule has 0 amide bonds. The summed E-state index contributed by atoms with van der Waals surface area (Å²) in [6.45, 7) is 0.645. The smallest absolute Gasteiger partial charge is 0.322 e. The van der Waals surface area contributed by atoms with Crippen LogP contribution in [0.1, 0.15) is 38.5 Å². The van der Waals surface area contributed by atoms with Gasteiger partial charge in [0, 0.05) is 12.6 Å². The summed E-state index contributed by atoms with van der Waals surface area (Å²) in [4.78, 5) is 11.5. The Morgan fingerprint density at radius 2 is 1.95 bits per heavy atom. The minimum absolute atomic E-state index is 0.115. The topological polar surface area (TPSA) is 83.9 Å². The Morgan fingerprint density at radius 3 is 2.60 bits per heavy atom. The summed E-state index contributed by atoms with van der Waals surface area (Å²) in [5.41, 5.74) is 0. The Morgan fingerprint density at radius 1 is 1.20 bits per heavy atom. The summed E-state index contributed by atoms with van der Waals surface area (Å²) in [6, 6.07) is -0.996. The molecule has 0 bridgehead atoms. The largest absolute Gasteiger partial charge is 0.480 e. The highest BCUT2D eigenvalue weighted by atomic mass is 32.2. The Kier molecular flexibility index (Phi) is 3.77. The molecule has 2 saturated heterocycles. The number of ether oxygens (including phenoxy) is 1. The van der Waals surface area contributed by atoms with Gasteiger partial charge in [-0.25, -0.2) is 8.42 Å². The van der Waals surface area contributed by atoms with Gasteiger partial charge < -0.3 is 9.84 Å². The first-order valence-electron chi connectivity index (χ1n) is 7.34. The Labute approximate surface area is 119 Å². The maximum atomic E-state index is 12.8. The van der Waals surface area contributed by atoms with Crippen molar-refractivity contribution in [1.29, 1.82) is 0 Å². The van der Waals surface area contributed by atoms with Gasteiger partial charge in [-0.3, -0.25) is 4.79 Å². The van der Waals surface area contributed by atoms with E-state index in [1.165, 1.54) is 4.31 Å². The first-order chi connectivity index (χ1) is 9.51. The third-order valence-electron chi connectivity index (χ3n) is 4.92. The number of aliphatic carboxylic acids is 1. The maximum absolute atomic E-state index is 12.8. The van der Waals surface area contributed by atoms with E-state index >= 15 is 0 Å². The van der Waals surface area contributed by atoms with E-state index in [0.29, 0.717) is 19.4 Å². The van der Waals surface area contributed by atoms with Crippen LogP contribution in [0.25, 0.3) is 0 Å². The van der Waals surface area contributed by atoms with Gasteiger partial charge in [0.2, 0.25) is 10.0 Å². The molecule has 4 atom stereocenters. The molecule has 0 aromatic rings. The van der Waals surface area contributed by atoms with Gasteiger partial charge in [-0.15, -0.1) is 0 Å². The monoisotopic (exact) mass is 303 g/mol. The minimum atomic E-state index is -3.58. The van der Waals surface area contributed by atoms with Crippen LogP contribution in [0.3, 0.4) is 0 Å². The highest BCUT2D eigenvalue weighted by molar-refractivity contribution is 7.89. The molecule has 3 rings (SSSR count). The van der Waals surface area contributed by atoms with E-state index < -0.39 is 27.3 Å². The molecule has 0 aromatic heterocycles. The molecule has 114 valence electrons. The lowest BCUT2D eigenvalue weighted by Crippen LogP contribution is -2.50. The first kappa shape index (κ1) is 14.3. The van der Waals surface area contributed by atoms with Crippen molar-refractivity contribution in [2.75, 3.05) is 13.2 Å². The number of carboxylic acids is 1. The van der Waals surface area contributed by atoms with Gasteiger partial charge >= 0.3 is 5.97 Å². The van der Waals surface area contributed by atoms with E-state index in [0.717, 1.165) is 25.7 Å². The van der Waals surface area contributed by atoms with Crippen LogP contribution in [0, 0.1) is 5.92 Å². The second kappa shape index (κ2) is 5.27. The highest BCUT2D eigenvalue weighted by Crippen LogP contribution is 2.42. The van der Waals surface area contributed by atoms with Crippen LogP contribution in [-0.2, 0) is 19.6 Å². The lowest BCUT2D eigenvalue weighted by Gasteiger charge is -2.33. The average Bonchev–Trinajstić information content (AvgIpc) is 3.06. The number of fused-ring (bicyclic) bond motifs is 1. The lowest BCUT2D eigenvalue weighted by atomic mass is 9.85. The van der Waals surface area contributed by atoms with Gasteiger partial charge in [-0.05, 0) is 31.6 Å². The van der Waals surface area contributed by atoms with Crippen molar-refractivity contribution in [3.63, 3.8) is 0 Å². The molecular weight excluding hydrogens is 282 g/mol. The van der Waals surface area contributed by atoms with E-state index in [4.69, 9.17) is 4.74 Å². The lowest BCUT2D eigenvalue weighted by molar-refractivity contribution is -0.141. The molecule has 0 spiro atoms. The van der Waals surface area contributed by atoms with Gasteiger partial charge in [-0.2, -0.15) is 4.31 Å². The second-order valence-corrected chi connectivity index (χ2v) is 8.18. The molecule has 3 fully saturated rings. The molecule has 6 nitrogen and oxygen atoms in total. The Bertz CT molecular complexity index is 485. The average molecular weight is 303 g/mol. The van der Waals surface area contributed by atoms with Gasteiger partial charge in [0.05, 0.1) is 6.61 Å². The molecule has 2 aliphatic heterocycles. The van der Waals surface area contributed by atoms with Crippen molar-refractivity contribution in [3.05, 3.63) is 0 Å². The fourth-order valence-corrected chi connectivity index (χ4v) is 6.11. The number of hydrogen-bond donors (Lipinski definition) is 1. The van der Waals surface area contributed by atoms with E-state index in [2.05, 4.69) is 0 Å². The minimum Gasteiger partial charge on any atom is -0.480 e. The van der Waals surface area contributed by atoms with Crippen LogP contribution < -0.4 is 0 Å². The zero-order valence-corrected chi connectivity index (χ0v) is 12.2. The van der Waals surface area contributed by atoms with Crippen molar-refractivity contribution in [1.82, 2.24) is 4.31 Å². The molecule has 1 aliphatic carbocycles. The van der Waals surface area contributed by atoms with Crippen LogP contribution in [0.4, 0.5) is 0 Å². The molecule has 2 heterocycles. The first-order valence-corrected chi connectivity index (χ1v) is 8.85. The predicted molar refractivity (Wildman–Crippen MR) is 71.8 cm³/mol. The quantitative estimate of drug-likeness (QED) is 0.834. The fraction of sp³-hybridized carbons (Fsp3) is 0.923. The number of carboxylic acid groups (broad SMARTS) is 1. The SMILES string of the molecule is O=C(O)C1CC2CCCCC2N1S(=O)(=O)C1CCOC1. The van der Waals surface area contributed by atoms with E-state index in [1.807, 2.05) is 0 Å². The molecule has 20 heavy (non-hydrogen) atoms. The molecular formula is C13H21NO5S. The number of carbonyl (C=O) groups is 1. The van der Waals surface area contributed by atoms with Crippen molar-refractivity contribution in [2.45, 2.75) is 55.9 Å². The predicted octanol–water partition coefficient (Wildman–Crippen LogP) is 0.823. The van der Waals surface area contributed by atoms with Gasteiger partial charge in [0.1, 0.15) is 11.3 Å². The molecule has 4 unspecified atom stereocenters. The standard InChI is InChI=1S/C13H21NO5S/c15-13(16)12-7-9-3-1-2-4-11(9)14(12)20(17,18)10-5-6-19-8-10/h9-12H,1-8H2,(H,15,16). The third-order valence-corrected chi connectivity index (χ3v) is 7.24. The summed E-state index contributed by atoms with van der Waals surface area (Å²) in [5.74, 6) is -0.802. The summed E-state index contributed by atoms with van der Waals surface area (Å²) in [7, 11) is -3.58. The number of rotatable bonds is 3.